The van der Waals surface area contributed by atoms with Crippen LogP contribution in [0.4, 0.5) is 5.13 Å². The molecule has 1 amide bonds. The Morgan fingerprint density at radius 3 is 2.24 bits per heavy atom. The zero-order valence-corrected chi connectivity index (χ0v) is 21.4. The van der Waals surface area contributed by atoms with Crippen LogP contribution in [0.1, 0.15) is 42.0 Å². The SMILES string of the molecule is CCC.CS(=O)(=O)c1ccc(CC(=O)Nc2nc3c(s2)CN(Cc2ccc(Cl)cc2)C3)cc1. The van der Waals surface area contributed by atoms with Crippen LogP contribution in [-0.2, 0) is 40.7 Å². The highest BCUT2D eigenvalue weighted by Crippen LogP contribution is 2.32. The number of hydrogen-bond acceptors (Lipinski definition) is 6. The molecule has 1 aliphatic heterocycles. The van der Waals surface area contributed by atoms with Gasteiger partial charge in [0.1, 0.15) is 0 Å². The summed E-state index contributed by atoms with van der Waals surface area (Å²) in [6.45, 7) is 6.63. The van der Waals surface area contributed by atoms with Crippen LogP contribution in [0.3, 0.4) is 0 Å². The van der Waals surface area contributed by atoms with Gasteiger partial charge in [-0.1, -0.05) is 56.1 Å². The molecule has 0 spiro atoms. The lowest BCUT2D eigenvalue weighted by molar-refractivity contribution is -0.115. The standard InChI is InChI=1S/C21H20ClN3O3S2.C3H8/c1-30(27,28)17-8-4-14(5-9-17)10-20(26)24-21-23-18-12-25(13-19(18)29-21)11-15-2-6-16(22)7-3-15;1-3-2/h2-9H,10-13H2,1H3,(H,23,24,26);3H2,1-2H3. The second kappa shape index (κ2) is 11.2. The summed E-state index contributed by atoms with van der Waals surface area (Å²) in [6, 6.07) is 14.2. The number of nitrogens with zero attached hydrogens (tertiary/aromatic N) is 2. The first-order valence-corrected chi connectivity index (χ1v) is 13.8. The van der Waals surface area contributed by atoms with Crippen molar-refractivity contribution in [3.8, 4) is 0 Å². The van der Waals surface area contributed by atoms with Crippen molar-refractivity contribution < 1.29 is 13.2 Å². The van der Waals surface area contributed by atoms with Gasteiger partial charge >= 0.3 is 0 Å². The maximum absolute atomic E-state index is 12.3. The molecule has 33 heavy (non-hydrogen) atoms. The van der Waals surface area contributed by atoms with Crippen LogP contribution in [0.25, 0.3) is 0 Å². The highest BCUT2D eigenvalue weighted by Gasteiger charge is 2.24. The monoisotopic (exact) mass is 505 g/mol. The van der Waals surface area contributed by atoms with Gasteiger partial charge in [-0.05, 0) is 35.4 Å². The summed E-state index contributed by atoms with van der Waals surface area (Å²) >= 11 is 7.44. The Labute approximate surface area is 204 Å². The number of anilines is 1. The van der Waals surface area contributed by atoms with E-state index in [1.807, 2.05) is 24.3 Å². The van der Waals surface area contributed by atoms with Gasteiger partial charge in [0.15, 0.2) is 15.0 Å². The average molecular weight is 506 g/mol. The third kappa shape index (κ3) is 7.37. The van der Waals surface area contributed by atoms with E-state index in [0.29, 0.717) is 5.13 Å². The average Bonchev–Trinajstić information content (AvgIpc) is 3.27. The largest absolute Gasteiger partial charge is 0.302 e. The minimum atomic E-state index is -3.24. The van der Waals surface area contributed by atoms with Crippen LogP contribution in [-0.4, -0.2) is 30.5 Å². The molecular weight excluding hydrogens is 478 g/mol. The quantitative estimate of drug-likeness (QED) is 0.491. The van der Waals surface area contributed by atoms with Gasteiger partial charge in [0.2, 0.25) is 5.91 Å². The first-order valence-electron chi connectivity index (χ1n) is 10.7. The lowest BCUT2D eigenvalue weighted by Gasteiger charge is -2.14. The first kappa shape index (κ1) is 25.4. The fraction of sp³-hybridized carbons (Fsp3) is 0.333. The van der Waals surface area contributed by atoms with E-state index < -0.39 is 9.84 Å². The Kier molecular flexibility index (Phi) is 8.64. The summed E-state index contributed by atoms with van der Waals surface area (Å²) < 4.78 is 23.0. The number of nitrogens with one attached hydrogen (secondary N) is 1. The Morgan fingerprint density at radius 2 is 1.67 bits per heavy atom. The van der Waals surface area contributed by atoms with Crippen molar-refractivity contribution in [3.05, 3.63) is 75.3 Å². The fourth-order valence-electron chi connectivity index (χ4n) is 3.32. The summed E-state index contributed by atoms with van der Waals surface area (Å²) in [5.74, 6) is -0.174. The number of halogens is 1. The van der Waals surface area contributed by atoms with E-state index in [-0.39, 0.29) is 17.2 Å². The van der Waals surface area contributed by atoms with E-state index in [1.165, 1.54) is 35.5 Å². The Morgan fingerprint density at radius 1 is 1.06 bits per heavy atom. The fourth-order valence-corrected chi connectivity index (χ4v) is 5.10. The third-order valence-corrected chi connectivity index (χ3v) is 7.18. The molecule has 0 bridgehead atoms. The molecule has 2 heterocycles. The normalized spacial score (nSPS) is 13.2. The number of amides is 1. The molecule has 3 aromatic rings. The maximum atomic E-state index is 12.3. The van der Waals surface area contributed by atoms with Crippen LogP contribution >= 0.6 is 22.9 Å². The zero-order chi connectivity index (χ0) is 24.0. The van der Waals surface area contributed by atoms with Crippen molar-refractivity contribution in [2.45, 2.75) is 51.2 Å². The lowest BCUT2D eigenvalue weighted by atomic mass is 10.1. The second-order valence-corrected chi connectivity index (χ2v) is 11.5. The van der Waals surface area contributed by atoms with E-state index in [9.17, 15) is 13.2 Å². The predicted octanol–water partition coefficient (Wildman–Crippen LogP) is 5.31. The Bertz CT molecular complexity index is 1170. The van der Waals surface area contributed by atoms with Gasteiger partial charge in [-0.2, -0.15) is 0 Å². The summed E-state index contributed by atoms with van der Waals surface area (Å²) in [5.41, 5.74) is 2.95. The molecular formula is C24H28ClN3O3S2. The highest BCUT2D eigenvalue weighted by atomic mass is 35.5. The summed E-state index contributed by atoms with van der Waals surface area (Å²) in [5, 5.41) is 4.18. The Balaban J connectivity index is 0.000000968. The van der Waals surface area contributed by atoms with E-state index in [0.717, 1.165) is 47.0 Å². The third-order valence-electron chi connectivity index (χ3n) is 4.80. The number of aromatic nitrogens is 1. The number of carbonyl (C=O) groups is 1. The van der Waals surface area contributed by atoms with Crippen molar-refractivity contribution in [3.63, 3.8) is 0 Å². The summed E-state index contributed by atoms with van der Waals surface area (Å²) in [7, 11) is -3.24. The molecule has 0 saturated carbocycles. The number of hydrogen-bond donors (Lipinski definition) is 1. The van der Waals surface area contributed by atoms with Gasteiger partial charge in [0.05, 0.1) is 17.0 Å². The molecule has 2 aromatic carbocycles. The molecule has 1 N–H and O–H groups in total. The number of sulfone groups is 1. The number of rotatable bonds is 6. The van der Waals surface area contributed by atoms with Gasteiger partial charge in [-0.15, -0.1) is 11.3 Å². The number of benzene rings is 2. The molecule has 0 radical (unpaired) electrons. The van der Waals surface area contributed by atoms with E-state index in [4.69, 9.17) is 11.6 Å². The van der Waals surface area contributed by atoms with Gasteiger partial charge in [0.25, 0.3) is 0 Å². The van der Waals surface area contributed by atoms with Gasteiger partial charge < -0.3 is 5.32 Å². The minimum Gasteiger partial charge on any atom is -0.302 e. The highest BCUT2D eigenvalue weighted by molar-refractivity contribution is 7.90. The van der Waals surface area contributed by atoms with Crippen LogP contribution in [0.5, 0.6) is 0 Å². The lowest BCUT2D eigenvalue weighted by Crippen LogP contribution is -2.17. The Hall–Kier alpha value is -2.26. The molecule has 0 unspecified atom stereocenters. The van der Waals surface area contributed by atoms with E-state index in [2.05, 4.69) is 29.0 Å². The molecule has 176 valence electrons. The van der Waals surface area contributed by atoms with Crippen LogP contribution in [0.15, 0.2) is 53.4 Å². The number of thiazole rings is 1. The van der Waals surface area contributed by atoms with Crippen molar-refractivity contribution in [1.82, 2.24) is 9.88 Å². The molecule has 0 atom stereocenters. The first-order chi connectivity index (χ1) is 15.7. The van der Waals surface area contributed by atoms with Gasteiger partial charge in [0, 0.05) is 35.8 Å². The van der Waals surface area contributed by atoms with Gasteiger partial charge in [-0.3, -0.25) is 9.69 Å². The minimum absolute atomic E-state index is 0.164. The number of fused-ring (bicyclic) bond motifs is 1. The molecule has 0 saturated heterocycles. The van der Waals surface area contributed by atoms with Crippen molar-refractivity contribution in [2.75, 3.05) is 11.6 Å². The molecule has 0 aliphatic carbocycles. The number of carbonyl (C=O) groups excluding carboxylic acids is 1. The maximum Gasteiger partial charge on any atom is 0.230 e. The van der Waals surface area contributed by atoms with E-state index >= 15 is 0 Å². The van der Waals surface area contributed by atoms with E-state index in [1.54, 1.807) is 12.1 Å². The smallest absolute Gasteiger partial charge is 0.230 e. The second-order valence-electron chi connectivity index (χ2n) is 8.01. The zero-order valence-electron chi connectivity index (χ0n) is 19.0. The van der Waals surface area contributed by atoms with Crippen LogP contribution < -0.4 is 5.32 Å². The van der Waals surface area contributed by atoms with Crippen molar-refractivity contribution >= 4 is 43.8 Å². The molecule has 4 rings (SSSR count). The van der Waals surface area contributed by atoms with Crippen molar-refractivity contribution in [2.24, 2.45) is 0 Å². The van der Waals surface area contributed by atoms with Crippen LogP contribution in [0, 0.1) is 0 Å². The van der Waals surface area contributed by atoms with Crippen LogP contribution in [0.2, 0.25) is 5.02 Å². The molecule has 9 heteroatoms. The van der Waals surface area contributed by atoms with Gasteiger partial charge in [-0.25, -0.2) is 13.4 Å². The summed E-state index contributed by atoms with van der Waals surface area (Å²) in [4.78, 5) is 20.6. The molecule has 1 aromatic heterocycles. The molecule has 6 nitrogen and oxygen atoms in total. The summed E-state index contributed by atoms with van der Waals surface area (Å²) in [6.07, 6.45) is 2.57. The molecule has 0 fully saturated rings. The molecule has 1 aliphatic rings. The van der Waals surface area contributed by atoms with Crippen molar-refractivity contribution in [1.29, 1.82) is 0 Å². The topological polar surface area (TPSA) is 79.4 Å². The predicted molar refractivity (Wildman–Crippen MR) is 134 cm³/mol.